The van der Waals surface area contributed by atoms with E-state index in [0.29, 0.717) is 6.54 Å². The molecule has 0 atom stereocenters. The third-order valence-electron chi connectivity index (χ3n) is 3.55. The normalized spacial score (nSPS) is 18.6. The summed E-state index contributed by atoms with van der Waals surface area (Å²) < 4.78 is 6.09. The van der Waals surface area contributed by atoms with Crippen molar-refractivity contribution >= 4 is 0 Å². The fraction of sp³-hybridized carbons (Fsp3) is 0.571. The summed E-state index contributed by atoms with van der Waals surface area (Å²) in [6.07, 6.45) is 5.74. The molecule has 2 nitrogen and oxygen atoms in total. The van der Waals surface area contributed by atoms with E-state index in [1.807, 2.05) is 0 Å². The van der Waals surface area contributed by atoms with Crippen molar-refractivity contribution in [3.63, 3.8) is 0 Å². The van der Waals surface area contributed by atoms with E-state index in [0.717, 1.165) is 25.0 Å². The van der Waals surface area contributed by atoms with Gasteiger partial charge in [0.05, 0.1) is 0 Å². The van der Waals surface area contributed by atoms with Crippen LogP contribution in [0.1, 0.15) is 38.2 Å². The topological polar surface area (TPSA) is 35.2 Å². The molecule has 2 rings (SSSR count). The third kappa shape index (κ3) is 2.38. The third-order valence-corrected chi connectivity index (χ3v) is 3.55. The van der Waals surface area contributed by atoms with Crippen molar-refractivity contribution in [2.45, 2.75) is 44.6 Å². The van der Waals surface area contributed by atoms with E-state index in [1.165, 1.54) is 18.4 Å². The Morgan fingerprint density at radius 2 is 1.81 bits per heavy atom. The summed E-state index contributed by atoms with van der Waals surface area (Å²) in [5, 5.41) is 0. The van der Waals surface area contributed by atoms with Gasteiger partial charge in [0.1, 0.15) is 11.4 Å². The van der Waals surface area contributed by atoms with Gasteiger partial charge in [-0.1, -0.05) is 19.1 Å². The summed E-state index contributed by atoms with van der Waals surface area (Å²) >= 11 is 0. The molecule has 1 aliphatic carbocycles. The quantitative estimate of drug-likeness (QED) is 0.845. The minimum atomic E-state index is -0.0896. The van der Waals surface area contributed by atoms with Crippen molar-refractivity contribution in [1.29, 1.82) is 0 Å². The van der Waals surface area contributed by atoms with E-state index in [-0.39, 0.29) is 5.60 Å². The fourth-order valence-corrected chi connectivity index (χ4v) is 2.41. The molecule has 0 aliphatic heterocycles. The number of rotatable bonds is 4. The van der Waals surface area contributed by atoms with Gasteiger partial charge in [-0.3, -0.25) is 0 Å². The molecular formula is C14H21NO. The highest BCUT2D eigenvalue weighted by Gasteiger charge is 2.34. The molecule has 0 bridgehead atoms. The molecule has 1 saturated carbocycles. The second-order valence-electron chi connectivity index (χ2n) is 4.69. The molecule has 0 spiro atoms. The maximum absolute atomic E-state index is 6.09. The van der Waals surface area contributed by atoms with Crippen LogP contribution in [0.4, 0.5) is 0 Å². The van der Waals surface area contributed by atoms with Crippen LogP contribution in [0.5, 0.6) is 5.75 Å². The lowest BCUT2D eigenvalue weighted by atomic mass is 10.0. The average molecular weight is 219 g/mol. The minimum Gasteiger partial charge on any atom is -0.486 e. The Morgan fingerprint density at radius 3 is 2.31 bits per heavy atom. The van der Waals surface area contributed by atoms with Crippen molar-refractivity contribution in [1.82, 2.24) is 0 Å². The number of hydrogen-bond donors (Lipinski definition) is 1. The molecule has 0 saturated heterocycles. The van der Waals surface area contributed by atoms with Gasteiger partial charge in [0.25, 0.3) is 0 Å². The smallest absolute Gasteiger partial charge is 0.121 e. The van der Waals surface area contributed by atoms with Gasteiger partial charge in [0, 0.05) is 6.54 Å². The van der Waals surface area contributed by atoms with E-state index in [1.54, 1.807) is 0 Å². The van der Waals surface area contributed by atoms with E-state index < -0.39 is 0 Å². The first-order valence-electron chi connectivity index (χ1n) is 6.26. The number of hydrogen-bond acceptors (Lipinski definition) is 2. The zero-order chi connectivity index (χ0) is 11.4. The Kier molecular flexibility index (Phi) is 3.49. The van der Waals surface area contributed by atoms with E-state index in [9.17, 15) is 0 Å². The molecule has 16 heavy (non-hydrogen) atoms. The van der Waals surface area contributed by atoms with Crippen LogP contribution < -0.4 is 10.5 Å². The van der Waals surface area contributed by atoms with E-state index in [2.05, 4.69) is 31.2 Å². The van der Waals surface area contributed by atoms with Crippen LogP contribution in [0.2, 0.25) is 0 Å². The Labute approximate surface area is 97.8 Å². The molecule has 88 valence electrons. The molecule has 1 aromatic rings. The Balaban J connectivity index is 2.07. The van der Waals surface area contributed by atoms with Gasteiger partial charge in [0.15, 0.2) is 0 Å². The maximum atomic E-state index is 6.09. The molecule has 0 heterocycles. The van der Waals surface area contributed by atoms with Gasteiger partial charge < -0.3 is 10.5 Å². The largest absolute Gasteiger partial charge is 0.486 e. The summed E-state index contributed by atoms with van der Waals surface area (Å²) in [4.78, 5) is 0. The van der Waals surface area contributed by atoms with Gasteiger partial charge in [0.2, 0.25) is 0 Å². The first-order chi connectivity index (χ1) is 7.78. The van der Waals surface area contributed by atoms with Crippen LogP contribution in [0.25, 0.3) is 0 Å². The number of nitrogens with two attached hydrogens (primary N) is 1. The molecule has 2 heteroatoms. The second kappa shape index (κ2) is 4.88. The standard InChI is InChI=1S/C14H21NO/c1-2-12-5-7-13(8-6-12)16-14(11-15)9-3-4-10-14/h5-8H,2-4,9-11,15H2,1H3. The summed E-state index contributed by atoms with van der Waals surface area (Å²) in [6.45, 7) is 2.79. The van der Waals surface area contributed by atoms with Crippen molar-refractivity contribution < 1.29 is 4.74 Å². The predicted molar refractivity (Wildman–Crippen MR) is 66.7 cm³/mol. The summed E-state index contributed by atoms with van der Waals surface area (Å²) in [6, 6.07) is 8.39. The molecule has 0 aromatic heterocycles. The van der Waals surface area contributed by atoms with Crippen molar-refractivity contribution in [3.05, 3.63) is 29.8 Å². The van der Waals surface area contributed by atoms with Crippen molar-refractivity contribution in [2.75, 3.05) is 6.54 Å². The Bertz CT molecular complexity index is 325. The van der Waals surface area contributed by atoms with Gasteiger partial charge >= 0.3 is 0 Å². The lowest BCUT2D eigenvalue weighted by Gasteiger charge is -2.28. The molecule has 1 fully saturated rings. The minimum absolute atomic E-state index is 0.0896. The molecule has 1 aromatic carbocycles. The predicted octanol–water partition coefficient (Wildman–Crippen LogP) is 2.90. The first kappa shape index (κ1) is 11.5. The highest BCUT2D eigenvalue weighted by Crippen LogP contribution is 2.33. The summed E-state index contributed by atoms with van der Waals surface area (Å²) in [7, 11) is 0. The van der Waals surface area contributed by atoms with Crippen LogP contribution in [-0.4, -0.2) is 12.1 Å². The number of benzene rings is 1. The van der Waals surface area contributed by atoms with Crippen molar-refractivity contribution in [2.24, 2.45) is 5.73 Å². The zero-order valence-corrected chi connectivity index (χ0v) is 10.0. The highest BCUT2D eigenvalue weighted by atomic mass is 16.5. The summed E-state index contributed by atoms with van der Waals surface area (Å²) in [5.74, 6) is 0.963. The first-order valence-corrected chi connectivity index (χ1v) is 6.26. The van der Waals surface area contributed by atoms with Crippen LogP contribution in [-0.2, 0) is 6.42 Å². The van der Waals surface area contributed by atoms with Gasteiger partial charge in [-0.15, -0.1) is 0 Å². The van der Waals surface area contributed by atoms with Crippen LogP contribution in [0, 0.1) is 0 Å². The molecule has 1 aliphatic rings. The second-order valence-corrected chi connectivity index (χ2v) is 4.69. The molecule has 0 unspecified atom stereocenters. The van der Waals surface area contributed by atoms with E-state index >= 15 is 0 Å². The number of ether oxygens (including phenoxy) is 1. The molecular weight excluding hydrogens is 198 g/mol. The van der Waals surface area contributed by atoms with Crippen LogP contribution in [0.3, 0.4) is 0 Å². The fourth-order valence-electron chi connectivity index (χ4n) is 2.41. The summed E-state index contributed by atoms with van der Waals surface area (Å²) in [5.41, 5.74) is 7.11. The van der Waals surface area contributed by atoms with Crippen LogP contribution >= 0.6 is 0 Å². The molecule has 0 amide bonds. The lowest BCUT2D eigenvalue weighted by Crippen LogP contribution is -2.40. The van der Waals surface area contributed by atoms with E-state index in [4.69, 9.17) is 10.5 Å². The average Bonchev–Trinajstić information content (AvgIpc) is 2.79. The monoisotopic (exact) mass is 219 g/mol. The zero-order valence-electron chi connectivity index (χ0n) is 10.0. The highest BCUT2D eigenvalue weighted by molar-refractivity contribution is 5.28. The lowest BCUT2D eigenvalue weighted by molar-refractivity contribution is 0.0853. The number of aryl methyl sites for hydroxylation is 1. The van der Waals surface area contributed by atoms with Crippen LogP contribution in [0.15, 0.2) is 24.3 Å². The van der Waals surface area contributed by atoms with Gasteiger partial charge in [-0.25, -0.2) is 0 Å². The van der Waals surface area contributed by atoms with Gasteiger partial charge in [-0.2, -0.15) is 0 Å². The molecule has 2 N–H and O–H groups in total. The SMILES string of the molecule is CCc1ccc(OC2(CN)CCCC2)cc1. The Hall–Kier alpha value is -1.02. The Morgan fingerprint density at radius 1 is 1.19 bits per heavy atom. The van der Waals surface area contributed by atoms with Gasteiger partial charge in [-0.05, 0) is 49.8 Å². The van der Waals surface area contributed by atoms with Crippen molar-refractivity contribution in [3.8, 4) is 5.75 Å². The molecule has 0 radical (unpaired) electrons. The maximum Gasteiger partial charge on any atom is 0.121 e.